The van der Waals surface area contributed by atoms with E-state index in [1.807, 2.05) is 6.07 Å². The molecule has 2 rings (SSSR count). The van der Waals surface area contributed by atoms with Gasteiger partial charge in [-0.05, 0) is 47.1 Å². The van der Waals surface area contributed by atoms with Crippen molar-refractivity contribution in [1.82, 2.24) is 5.32 Å². The van der Waals surface area contributed by atoms with Gasteiger partial charge in [0, 0.05) is 15.4 Å². The summed E-state index contributed by atoms with van der Waals surface area (Å²) in [6.07, 6.45) is 0.364. The first-order chi connectivity index (χ1) is 9.02. The van der Waals surface area contributed by atoms with Crippen LogP contribution < -0.4 is 5.32 Å². The van der Waals surface area contributed by atoms with E-state index in [0.717, 1.165) is 15.4 Å². The summed E-state index contributed by atoms with van der Waals surface area (Å²) in [5, 5.41) is 3.10. The van der Waals surface area contributed by atoms with E-state index in [1.54, 1.807) is 13.1 Å². The molecule has 1 aromatic carbocycles. The Bertz CT molecular complexity index is 569. The predicted octanol–water partition coefficient (Wildman–Crippen LogP) is 4.95. The second-order valence-electron chi connectivity index (χ2n) is 4.03. The number of nitrogens with one attached hydrogen (secondary N) is 1. The molecule has 0 fully saturated rings. The highest BCUT2D eigenvalue weighted by Crippen LogP contribution is 2.36. The maximum absolute atomic E-state index is 13.7. The number of rotatable bonds is 4. The van der Waals surface area contributed by atoms with Gasteiger partial charge in [-0.15, -0.1) is 11.3 Å². The molecule has 1 heterocycles. The number of likely N-dealkylation sites (N-methyl/N-ethyl adjacent to an activating group) is 1. The molecule has 0 amide bonds. The highest BCUT2D eigenvalue weighted by molar-refractivity contribution is 9.10. The fourth-order valence-corrected chi connectivity index (χ4v) is 3.65. The molecule has 1 nitrogen and oxygen atoms in total. The summed E-state index contributed by atoms with van der Waals surface area (Å²) in [5.41, 5.74) is 0.347. The van der Waals surface area contributed by atoms with Crippen LogP contribution in [0.3, 0.4) is 0 Å². The summed E-state index contributed by atoms with van der Waals surface area (Å²) < 4.78 is 28.3. The number of halogens is 4. The summed E-state index contributed by atoms with van der Waals surface area (Å²) in [6.45, 7) is 0. The molecule has 1 atom stereocenters. The molecular weight excluding hydrogens is 356 g/mol. The summed E-state index contributed by atoms with van der Waals surface area (Å²) in [5.74, 6) is -1.61. The van der Waals surface area contributed by atoms with Crippen molar-refractivity contribution >= 4 is 38.9 Å². The molecule has 1 N–H and O–H groups in total. The molecule has 0 saturated heterocycles. The molecule has 1 unspecified atom stereocenters. The maximum atomic E-state index is 13.7. The van der Waals surface area contributed by atoms with E-state index in [0.29, 0.717) is 16.3 Å². The van der Waals surface area contributed by atoms with Crippen LogP contribution in [-0.4, -0.2) is 7.05 Å². The molecule has 0 spiro atoms. The molecule has 2 aromatic rings. The summed E-state index contributed by atoms with van der Waals surface area (Å²) in [6, 6.07) is 6.01. The van der Waals surface area contributed by atoms with Gasteiger partial charge in [0.15, 0.2) is 11.6 Å². The van der Waals surface area contributed by atoms with Gasteiger partial charge in [-0.1, -0.05) is 23.7 Å². The van der Waals surface area contributed by atoms with Gasteiger partial charge in [0.1, 0.15) is 4.34 Å². The summed E-state index contributed by atoms with van der Waals surface area (Å²) in [7, 11) is 1.78. The van der Waals surface area contributed by atoms with Crippen LogP contribution in [0, 0.1) is 11.6 Å². The van der Waals surface area contributed by atoms with E-state index in [2.05, 4.69) is 21.2 Å². The molecule has 0 bridgehead atoms. The number of thiophene rings is 1. The molecular formula is C13H11BrClF2NS. The van der Waals surface area contributed by atoms with Crippen molar-refractivity contribution in [2.24, 2.45) is 0 Å². The van der Waals surface area contributed by atoms with E-state index in [1.165, 1.54) is 17.4 Å². The van der Waals surface area contributed by atoms with Gasteiger partial charge in [-0.25, -0.2) is 8.78 Å². The van der Waals surface area contributed by atoms with Crippen LogP contribution in [0.15, 0.2) is 28.7 Å². The Balaban J connectivity index is 2.26. The van der Waals surface area contributed by atoms with Crippen molar-refractivity contribution in [2.75, 3.05) is 7.05 Å². The number of hydrogen-bond acceptors (Lipinski definition) is 2. The minimum Gasteiger partial charge on any atom is -0.312 e. The van der Waals surface area contributed by atoms with Crippen molar-refractivity contribution in [3.63, 3.8) is 0 Å². The average Bonchev–Trinajstić information content (AvgIpc) is 2.71. The zero-order valence-corrected chi connectivity index (χ0v) is 13.2. The molecule has 0 aliphatic rings. The molecule has 6 heteroatoms. The van der Waals surface area contributed by atoms with Crippen molar-refractivity contribution in [2.45, 2.75) is 12.5 Å². The van der Waals surface area contributed by atoms with Crippen LogP contribution in [0.4, 0.5) is 8.78 Å². The Morgan fingerprint density at radius 2 is 2.16 bits per heavy atom. The Kier molecular flexibility index (Phi) is 4.95. The molecule has 0 aliphatic carbocycles. The van der Waals surface area contributed by atoms with Crippen molar-refractivity contribution in [1.29, 1.82) is 0 Å². The van der Waals surface area contributed by atoms with Crippen LogP contribution in [0.2, 0.25) is 4.34 Å². The molecule has 19 heavy (non-hydrogen) atoms. The standard InChI is InChI=1S/C13H11BrClF2NS/c1-18-10(11-6-8(14)13(15)19-11)5-7-3-2-4-9(16)12(7)17/h2-4,6,10,18H,5H2,1H3. The highest BCUT2D eigenvalue weighted by Gasteiger charge is 2.18. The summed E-state index contributed by atoms with van der Waals surface area (Å²) >= 11 is 10.8. The number of benzene rings is 1. The number of hydrogen-bond donors (Lipinski definition) is 1. The van der Waals surface area contributed by atoms with Gasteiger partial charge < -0.3 is 5.32 Å². The average molecular weight is 367 g/mol. The largest absolute Gasteiger partial charge is 0.312 e. The lowest BCUT2D eigenvalue weighted by Gasteiger charge is -2.15. The molecule has 0 saturated carbocycles. The van der Waals surface area contributed by atoms with Crippen molar-refractivity contribution in [3.8, 4) is 0 Å². The van der Waals surface area contributed by atoms with Crippen molar-refractivity contribution < 1.29 is 8.78 Å². The fraction of sp³-hybridized carbons (Fsp3) is 0.231. The Hall–Kier alpha value is -0.490. The fourth-order valence-electron chi connectivity index (χ4n) is 1.81. The Morgan fingerprint density at radius 3 is 2.74 bits per heavy atom. The van der Waals surface area contributed by atoms with E-state index in [-0.39, 0.29) is 6.04 Å². The van der Waals surface area contributed by atoms with Crippen LogP contribution in [0.5, 0.6) is 0 Å². The van der Waals surface area contributed by atoms with Crippen LogP contribution in [0.1, 0.15) is 16.5 Å². The lowest BCUT2D eigenvalue weighted by molar-refractivity contribution is 0.488. The maximum Gasteiger partial charge on any atom is 0.162 e. The predicted molar refractivity (Wildman–Crippen MR) is 78.9 cm³/mol. The minimum absolute atomic E-state index is 0.106. The van der Waals surface area contributed by atoms with E-state index in [9.17, 15) is 8.78 Å². The summed E-state index contributed by atoms with van der Waals surface area (Å²) in [4.78, 5) is 0.975. The van der Waals surface area contributed by atoms with Crippen molar-refractivity contribution in [3.05, 3.63) is 55.1 Å². The van der Waals surface area contributed by atoms with Crippen LogP contribution in [-0.2, 0) is 6.42 Å². The van der Waals surface area contributed by atoms with Gasteiger partial charge in [-0.3, -0.25) is 0 Å². The first-order valence-corrected chi connectivity index (χ1v) is 7.56. The Labute approximate surface area is 127 Å². The second-order valence-corrected chi connectivity index (χ2v) is 6.57. The van der Waals surface area contributed by atoms with Gasteiger partial charge in [0.2, 0.25) is 0 Å². The minimum atomic E-state index is -0.822. The third-order valence-electron chi connectivity index (χ3n) is 2.81. The first kappa shape index (κ1) is 14.9. The normalized spacial score (nSPS) is 12.7. The van der Waals surface area contributed by atoms with Crippen LogP contribution in [0.25, 0.3) is 0 Å². The van der Waals surface area contributed by atoms with E-state index >= 15 is 0 Å². The molecule has 0 radical (unpaired) electrons. The second kappa shape index (κ2) is 6.31. The lowest BCUT2D eigenvalue weighted by Crippen LogP contribution is -2.18. The first-order valence-electron chi connectivity index (χ1n) is 5.57. The van der Waals surface area contributed by atoms with Gasteiger partial charge in [0.25, 0.3) is 0 Å². The SMILES string of the molecule is CNC(Cc1cccc(F)c1F)c1cc(Br)c(Cl)s1. The molecule has 0 aliphatic heterocycles. The third-order valence-corrected chi connectivity index (χ3v) is 5.40. The third kappa shape index (κ3) is 3.34. The zero-order valence-electron chi connectivity index (χ0n) is 10.0. The van der Waals surface area contributed by atoms with Gasteiger partial charge in [0.05, 0.1) is 0 Å². The monoisotopic (exact) mass is 365 g/mol. The zero-order chi connectivity index (χ0) is 14.0. The smallest absolute Gasteiger partial charge is 0.162 e. The Morgan fingerprint density at radius 1 is 1.42 bits per heavy atom. The molecule has 1 aromatic heterocycles. The lowest BCUT2D eigenvalue weighted by atomic mass is 10.0. The van der Waals surface area contributed by atoms with E-state index in [4.69, 9.17) is 11.6 Å². The quantitative estimate of drug-likeness (QED) is 0.807. The van der Waals surface area contributed by atoms with Gasteiger partial charge in [-0.2, -0.15) is 0 Å². The highest BCUT2D eigenvalue weighted by atomic mass is 79.9. The van der Waals surface area contributed by atoms with E-state index < -0.39 is 11.6 Å². The van der Waals surface area contributed by atoms with Gasteiger partial charge >= 0.3 is 0 Å². The molecule has 102 valence electrons. The van der Waals surface area contributed by atoms with Crippen LogP contribution >= 0.6 is 38.9 Å². The topological polar surface area (TPSA) is 12.0 Å².